The predicted molar refractivity (Wildman–Crippen MR) is 92.4 cm³/mol. The average Bonchev–Trinajstić information content (AvgIpc) is 3.28. The number of nitrogens with zero attached hydrogens (tertiary/aromatic N) is 1. The van der Waals surface area contributed by atoms with E-state index in [0.717, 1.165) is 17.0 Å². The summed E-state index contributed by atoms with van der Waals surface area (Å²) in [4.78, 5) is 15.4. The first-order valence-electron chi connectivity index (χ1n) is 7.90. The fourth-order valence-electron chi connectivity index (χ4n) is 2.51. The van der Waals surface area contributed by atoms with Crippen molar-refractivity contribution in [3.8, 4) is 0 Å². The molecule has 0 aliphatic rings. The highest BCUT2D eigenvalue weighted by atomic mass is 32.1. The van der Waals surface area contributed by atoms with Gasteiger partial charge in [0.15, 0.2) is 0 Å². The molecule has 0 spiro atoms. The van der Waals surface area contributed by atoms with E-state index in [1.54, 1.807) is 34.6 Å². The summed E-state index contributed by atoms with van der Waals surface area (Å²) in [6.07, 6.45) is -2.81. The first-order valence-corrected chi connectivity index (χ1v) is 8.78. The lowest BCUT2D eigenvalue weighted by Gasteiger charge is -2.21. The largest absolute Gasteiger partial charge is 0.467 e. The smallest absolute Gasteiger partial charge is 0.416 e. The summed E-state index contributed by atoms with van der Waals surface area (Å²) in [7, 11) is 0. The Morgan fingerprint density at radius 3 is 2.38 bits per heavy atom. The molecule has 0 saturated carbocycles. The maximum absolute atomic E-state index is 12.7. The van der Waals surface area contributed by atoms with Crippen LogP contribution >= 0.6 is 11.3 Å². The van der Waals surface area contributed by atoms with Gasteiger partial charge in [0, 0.05) is 4.88 Å². The Bertz CT molecular complexity index is 789. The van der Waals surface area contributed by atoms with Gasteiger partial charge >= 0.3 is 6.18 Å². The summed E-state index contributed by atoms with van der Waals surface area (Å²) < 4.78 is 43.3. The Kier molecular flexibility index (Phi) is 5.46. The molecule has 0 aliphatic carbocycles. The van der Waals surface area contributed by atoms with Crippen LogP contribution in [0.25, 0.3) is 0 Å². The Balaban J connectivity index is 1.72. The van der Waals surface area contributed by atoms with Crippen molar-refractivity contribution in [2.75, 3.05) is 0 Å². The normalized spacial score (nSPS) is 11.5. The molecule has 1 amide bonds. The second-order valence-electron chi connectivity index (χ2n) is 5.78. The van der Waals surface area contributed by atoms with Crippen molar-refractivity contribution in [1.82, 2.24) is 4.90 Å². The molecule has 0 saturated heterocycles. The summed E-state index contributed by atoms with van der Waals surface area (Å²) >= 11 is 1.54. The minimum absolute atomic E-state index is 0.0320. The Labute approximate surface area is 152 Å². The number of hydrogen-bond acceptors (Lipinski definition) is 3. The second-order valence-corrected chi connectivity index (χ2v) is 6.81. The Morgan fingerprint density at radius 2 is 1.81 bits per heavy atom. The highest BCUT2D eigenvalue weighted by Gasteiger charge is 2.30. The van der Waals surface area contributed by atoms with Gasteiger partial charge in [-0.2, -0.15) is 13.2 Å². The molecule has 0 bridgehead atoms. The zero-order chi connectivity index (χ0) is 18.6. The van der Waals surface area contributed by atoms with Crippen molar-refractivity contribution >= 4 is 17.2 Å². The SMILES string of the molecule is O=C(Cc1ccc(C(F)(F)F)cc1)N(Cc1ccco1)Cc1cccs1. The molecule has 0 aliphatic heterocycles. The van der Waals surface area contributed by atoms with E-state index in [1.807, 2.05) is 17.5 Å². The van der Waals surface area contributed by atoms with Gasteiger partial charge in [-0.15, -0.1) is 11.3 Å². The van der Waals surface area contributed by atoms with E-state index in [2.05, 4.69) is 0 Å². The summed E-state index contributed by atoms with van der Waals surface area (Å²) in [6, 6.07) is 12.1. The number of benzene rings is 1. The maximum atomic E-state index is 12.7. The standard InChI is InChI=1S/C19H16F3NO2S/c20-19(21,22)15-7-5-14(6-8-15)11-18(24)23(12-16-3-1-9-25-16)13-17-4-2-10-26-17/h1-10H,11-13H2. The molecule has 26 heavy (non-hydrogen) atoms. The highest BCUT2D eigenvalue weighted by Crippen LogP contribution is 2.29. The summed E-state index contributed by atoms with van der Waals surface area (Å²) in [5.41, 5.74) is -0.182. The molecule has 3 rings (SSSR count). The number of hydrogen-bond donors (Lipinski definition) is 0. The lowest BCUT2D eigenvalue weighted by molar-refractivity contribution is -0.137. The number of carbonyl (C=O) groups is 1. The van der Waals surface area contributed by atoms with Crippen molar-refractivity contribution < 1.29 is 22.4 Å². The Morgan fingerprint density at radius 1 is 1.04 bits per heavy atom. The second kappa shape index (κ2) is 7.78. The van der Waals surface area contributed by atoms with Crippen molar-refractivity contribution in [2.45, 2.75) is 25.7 Å². The van der Waals surface area contributed by atoms with Crippen molar-refractivity contribution in [1.29, 1.82) is 0 Å². The first-order chi connectivity index (χ1) is 12.4. The van der Waals surface area contributed by atoms with Crippen LogP contribution in [-0.2, 0) is 30.5 Å². The van der Waals surface area contributed by atoms with E-state index in [1.165, 1.54) is 12.1 Å². The highest BCUT2D eigenvalue weighted by molar-refractivity contribution is 7.09. The van der Waals surface area contributed by atoms with Gasteiger partial charge < -0.3 is 9.32 Å². The number of rotatable bonds is 6. The third-order valence-electron chi connectivity index (χ3n) is 3.84. The van der Waals surface area contributed by atoms with Gasteiger partial charge in [-0.3, -0.25) is 4.79 Å². The van der Waals surface area contributed by atoms with Gasteiger partial charge in [-0.05, 0) is 41.3 Å². The van der Waals surface area contributed by atoms with Crippen molar-refractivity contribution in [2.24, 2.45) is 0 Å². The molecule has 0 radical (unpaired) electrons. The van der Waals surface area contributed by atoms with Gasteiger partial charge in [0.05, 0.1) is 31.3 Å². The Hall–Kier alpha value is -2.54. The van der Waals surface area contributed by atoms with Gasteiger partial charge in [0.25, 0.3) is 0 Å². The molecule has 0 unspecified atom stereocenters. The topological polar surface area (TPSA) is 33.5 Å². The number of amides is 1. The molecule has 7 heteroatoms. The van der Waals surface area contributed by atoms with Gasteiger partial charge in [0.1, 0.15) is 5.76 Å². The molecule has 2 heterocycles. The van der Waals surface area contributed by atoms with Crippen LogP contribution in [-0.4, -0.2) is 10.8 Å². The van der Waals surface area contributed by atoms with E-state index in [0.29, 0.717) is 24.4 Å². The molecule has 136 valence electrons. The van der Waals surface area contributed by atoms with Gasteiger partial charge in [-0.25, -0.2) is 0 Å². The van der Waals surface area contributed by atoms with E-state index in [9.17, 15) is 18.0 Å². The van der Waals surface area contributed by atoms with Crippen molar-refractivity contribution in [3.05, 3.63) is 81.9 Å². The minimum Gasteiger partial charge on any atom is -0.467 e. The van der Waals surface area contributed by atoms with Crippen LogP contribution in [0.5, 0.6) is 0 Å². The van der Waals surface area contributed by atoms with Crippen LogP contribution in [0.1, 0.15) is 21.8 Å². The maximum Gasteiger partial charge on any atom is 0.416 e. The van der Waals surface area contributed by atoms with E-state index >= 15 is 0 Å². The fraction of sp³-hybridized carbons (Fsp3) is 0.211. The monoisotopic (exact) mass is 379 g/mol. The van der Waals surface area contributed by atoms with Crippen LogP contribution in [0.2, 0.25) is 0 Å². The average molecular weight is 379 g/mol. The zero-order valence-corrected chi connectivity index (χ0v) is 14.5. The van der Waals surface area contributed by atoms with E-state index in [4.69, 9.17) is 4.42 Å². The van der Waals surface area contributed by atoms with Crippen LogP contribution in [0, 0.1) is 0 Å². The molecule has 0 N–H and O–H groups in total. The van der Waals surface area contributed by atoms with Gasteiger partial charge in [-0.1, -0.05) is 18.2 Å². The first kappa shape index (κ1) is 18.3. The zero-order valence-electron chi connectivity index (χ0n) is 13.7. The number of thiophene rings is 1. The minimum atomic E-state index is -4.38. The molecule has 1 aromatic carbocycles. The molecule has 3 aromatic rings. The predicted octanol–water partition coefficient (Wildman–Crippen LogP) is 5.13. The lowest BCUT2D eigenvalue weighted by atomic mass is 10.1. The number of furan rings is 1. The lowest BCUT2D eigenvalue weighted by Crippen LogP contribution is -2.31. The molecular formula is C19H16F3NO2S. The summed E-state index contributed by atoms with van der Waals surface area (Å²) in [5.74, 6) is 0.483. The number of halogens is 3. The van der Waals surface area contributed by atoms with Crippen LogP contribution in [0.15, 0.2) is 64.6 Å². The molecule has 3 nitrogen and oxygen atoms in total. The summed E-state index contributed by atoms with van der Waals surface area (Å²) in [5, 5.41) is 1.93. The number of alkyl halides is 3. The number of carbonyl (C=O) groups excluding carboxylic acids is 1. The van der Waals surface area contributed by atoms with Crippen LogP contribution in [0.3, 0.4) is 0 Å². The third kappa shape index (κ3) is 4.76. The van der Waals surface area contributed by atoms with Gasteiger partial charge in [0.2, 0.25) is 5.91 Å². The van der Waals surface area contributed by atoms with Crippen LogP contribution in [0.4, 0.5) is 13.2 Å². The molecule has 2 aromatic heterocycles. The van der Waals surface area contributed by atoms with Crippen molar-refractivity contribution in [3.63, 3.8) is 0 Å². The fourth-order valence-corrected chi connectivity index (χ4v) is 3.23. The molecule has 0 fully saturated rings. The van der Waals surface area contributed by atoms with Crippen LogP contribution < -0.4 is 0 Å². The van der Waals surface area contributed by atoms with E-state index < -0.39 is 11.7 Å². The summed E-state index contributed by atoms with van der Waals surface area (Å²) in [6.45, 7) is 0.738. The van der Waals surface area contributed by atoms with E-state index in [-0.39, 0.29) is 12.3 Å². The third-order valence-corrected chi connectivity index (χ3v) is 4.70. The molecule has 0 atom stereocenters. The molecular weight excluding hydrogens is 363 g/mol. The quantitative estimate of drug-likeness (QED) is 0.595.